The molecule has 0 saturated heterocycles. The molecule has 3 aromatic carbocycles. The minimum atomic E-state index is -0.538. The van der Waals surface area contributed by atoms with Crippen LogP contribution < -0.4 is 5.32 Å². The minimum absolute atomic E-state index is 0.477. The molecule has 0 unspecified atom stereocenters. The van der Waals surface area contributed by atoms with E-state index in [0.717, 1.165) is 33.2 Å². The van der Waals surface area contributed by atoms with Gasteiger partial charge < -0.3 is 4.74 Å². The van der Waals surface area contributed by atoms with Crippen LogP contribution in [0.4, 0.5) is 10.5 Å². The molecular formula is C28H25ClN2O2S. The Morgan fingerprint density at radius 1 is 1.00 bits per heavy atom. The standard InChI is InChI=1S/C28H25ClN2O2S/c1-17(24-5-3-4-6-25(24)29)33-28(32)30-26-18(2)34-31-27(26)23-15-13-22(14-16-23)21-11-9-20(10-12-21)19-7-8-19/h3-6,9-17,19H,7-8H2,1-2H3,(H,30,32)/t17-/m1/s1. The largest absolute Gasteiger partial charge is 0.441 e. The van der Waals surface area contributed by atoms with Crippen molar-refractivity contribution in [2.24, 2.45) is 0 Å². The second kappa shape index (κ2) is 9.61. The molecule has 5 rings (SSSR count). The molecule has 1 atom stereocenters. The lowest BCUT2D eigenvalue weighted by Crippen LogP contribution is -2.16. The minimum Gasteiger partial charge on any atom is -0.441 e. The lowest BCUT2D eigenvalue weighted by molar-refractivity contribution is 0.121. The highest BCUT2D eigenvalue weighted by molar-refractivity contribution is 7.06. The summed E-state index contributed by atoms with van der Waals surface area (Å²) in [6, 6.07) is 24.5. The number of nitrogens with zero attached hydrogens (tertiary/aromatic N) is 1. The summed E-state index contributed by atoms with van der Waals surface area (Å²) in [7, 11) is 0. The highest BCUT2D eigenvalue weighted by Gasteiger charge is 2.23. The number of nitrogens with one attached hydrogen (secondary N) is 1. The average molecular weight is 489 g/mol. The van der Waals surface area contributed by atoms with Gasteiger partial charge in [0.25, 0.3) is 0 Å². The van der Waals surface area contributed by atoms with E-state index in [9.17, 15) is 4.79 Å². The topological polar surface area (TPSA) is 51.2 Å². The van der Waals surface area contributed by atoms with Crippen molar-refractivity contribution in [2.75, 3.05) is 5.32 Å². The van der Waals surface area contributed by atoms with Crippen molar-refractivity contribution in [2.45, 2.75) is 38.7 Å². The first-order chi connectivity index (χ1) is 16.5. The summed E-state index contributed by atoms with van der Waals surface area (Å²) in [6.07, 6.45) is 1.60. The molecule has 34 heavy (non-hydrogen) atoms. The monoisotopic (exact) mass is 488 g/mol. The molecule has 6 heteroatoms. The summed E-state index contributed by atoms with van der Waals surface area (Å²) >= 11 is 7.59. The number of halogens is 1. The van der Waals surface area contributed by atoms with E-state index >= 15 is 0 Å². The maximum Gasteiger partial charge on any atom is 0.412 e. The molecule has 4 aromatic rings. The van der Waals surface area contributed by atoms with Crippen LogP contribution in [-0.2, 0) is 4.74 Å². The van der Waals surface area contributed by atoms with Crippen molar-refractivity contribution >= 4 is 34.9 Å². The first-order valence-electron chi connectivity index (χ1n) is 11.4. The Kier molecular flexibility index (Phi) is 6.40. The fraction of sp³-hybridized carbons (Fsp3) is 0.214. The van der Waals surface area contributed by atoms with Gasteiger partial charge >= 0.3 is 6.09 Å². The zero-order chi connectivity index (χ0) is 23.7. The van der Waals surface area contributed by atoms with Gasteiger partial charge in [0.15, 0.2) is 0 Å². The Balaban J connectivity index is 1.30. The number of aromatic nitrogens is 1. The zero-order valence-electron chi connectivity index (χ0n) is 19.0. The first-order valence-corrected chi connectivity index (χ1v) is 12.5. The van der Waals surface area contributed by atoms with Crippen LogP contribution in [0, 0.1) is 6.92 Å². The molecule has 1 amide bonds. The van der Waals surface area contributed by atoms with Crippen molar-refractivity contribution in [3.8, 4) is 22.4 Å². The maximum atomic E-state index is 12.7. The molecule has 0 spiro atoms. The first kappa shape index (κ1) is 22.6. The van der Waals surface area contributed by atoms with E-state index in [2.05, 4.69) is 46.1 Å². The fourth-order valence-electron chi connectivity index (χ4n) is 4.06. The summed E-state index contributed by atoms with van der Waals surface area (Å²) in [5, 5.41) is 3.46. The van der Waals surface area contributed by atoms with Crippen molar-refractivity contribution in [1.29, 1.82) is 0 Å². The third-order valence-electron chi connectivity index (χ3n) is 6.17. The van der Waals surface area contributed by atoms with Gasteiger partial charge in [-0.3, -0.25) is 5.32 Å². The van der Waals surface area contributed by atoms with Crippen molar-refractivity contribution in [3.05, 3.63) is 93.8 Å². The van der Waals surface area contributed by atoms with Crippen LogP contribution in [0.2, 0.25) is 5.02 Å². The number of carbonyl (C=O) groups excluding carboxylic acids is 1. The number of benzene rings is 3. The molecule has 1 fully saturated rings. The number of aryl methyl sites for hydroxylation is 1. The van der Waals surface area contributed by atoms with Gasteiger partial charge in [-0.2, -0.15) is 4.37 Å². The number of anilines is 1. The van der Waals surface area contributed by atoms with Gasteiger partial charge in [0.1, 0.15) is 11.8 Å². The molecular weight excluding hydrogens is 464 g/mol. The lowest BCUT2D eigenvalue weighted by atomic mass is 10.00. The van der Waals surface area contributed by atoms with E-state index in [0.29, 0.717) is 10.7 Å². The predicted octanol–water partition coefficient (Wildman–Crippen LogP) is 8.63. The van der Waals surface area contributed by atoms with E-state index in [1.807, 2.05) is 37.3 Å². The van der Waals surface area contributed by atoms with E-state index in [1.54, 1.807) is 13.0 Å². The highest BCUT2D eigenvalue weighted by atomic mass is 35.5. The van der Waals surface area contributed by atoms with Gasteiger partial charge in [0, 0.05) is 21.0 Å². The Bertz CT molecular complexity index is 1310. The summed E-state index contributed by atoms with van der Waals surface area (Å²) in [4.78, 5) is 13.6. The second-order valence-corrected chi connectivity index (χ2v) is 10.0. The van der Waals surface area contributed by atoms with Gasteiger partial charge in [-0.1, -0.05) is 78.3 Å². The van der Waals surface area contributed by atoms with Crippen LogP contribution in [0.5, 0.6) is 0 Å². The third kappa shape index (κ3) is 4.86. The summed E-state index contributed by atoms with van der Waals surface area (Å²) in [6.45, 7) is 3.74. The molecule has 1 saturated carbocycles. The van der Waals surface area contributed by atoms with Gasteiger partial charge in [-0.25, -0.2) is 4.79 Å². The molecule has 0 bridgehead atoms. The number of carbonyl (C=O) groups is 1. The molecule has 4 nitrogen and oxygen atoms in total. The smallest absolute Gasteiger partial charge is 0.412 e. The summed E-state index contributed by atoms with van der Waals surface area (Å²) in [5.74, 6) is 0.759. The third-order valence-corrected chi connectivity index (χ3v) is 7.26. The number of hydrogen-bond donors (Lipinski definition) is 1. The van der Waals surface area contributed by atoms with Gasteiger partial charge in [-0.15, -0.1) is 0 Å². The molecule has 1 heterocycles. The van der Waals surface area contributed by atoms with E-state index in [4.69, 9.17) is 16.3 Å². The molecule has 1 aromatic heterocycles. The Labute approximate surface area is 208 Å². The van der Waals surface area contributed by atoms with E-state index in [1.165, 1.54) is 35.5 Å². The highest BCUT2D eigenvalue weighted by Crippen LogP contribution is 2.40. The van der Waals surface area contributed by atoms with Crippen molar-refractivity contribution in [1.82, 2.24) is 4.37 Å². The number of rotatable bonds is 6. The molecule has 0 radical (unpaired) electrons. The normalized spacial score (nSPS) is 14.0. The molecule has 1 N–H and O–H groups in total. The van der Waals surface area contributed by atoms with Crippen molar-refractivity contribution in [3.63, 3.8) is 0 Å². The summed E-state index contributed by atoms with van der Waals surface area (Å²) in [5.41, 5.74) is 6.90. The molecule has 0 aliphatic heterocycles. The molecule has 172 valence electrons. The Morgan fingerprint density at radius 2 is 1.62 bits per heavy atom. The van der Waals surface area contributed by atoms with Crippen LogP contribution in [0.25, 0.3) is 22.4 Å². The van der Waals surface area contributed by atoms with Crippen LogP contribution in [0.3, 0.4) is 0 Å². The van der Waals surface area contributed by atoms with Crippen molar-refractivity contribution < 1.29 is 9.53 Å². The zero-order valence-corrected chi connectivity index (χ0v) is 20.6. The molecule has 1 aliphatic rings. The van der Waals surface area contributed by atoms with E-state index in [-0.39, 0.29) is 0 Å². The number of ether oxygens (including phenoxy) is 1. The van der Waals surface area contributed by atoms with Crippen LogP contribution >= 0.6 is 23.1 Å². The summed E-state index contributed by atoms with van der Waals surface area (Å²) < 4.78 is 10.2. The SMILES string of the molecule is Cc1snc(-c2ccc(-c3ccc(C4CC4)cc3)cc2)c1NC(=O)O[C@H](C)c1ccccc1Cl. The Morgan fingerprint density at radius 3 is 2.26 bits per heavy atom. The second-order valence-electron chi connectivity index (χ2n) is 8.63. The van der Waals surface area contributed by atoms with Gasteiger partial charge in [0.05, 0.1) is 5.69 Å². The van der Waals surface area contributed by atoms with Gasteiger partial charge in [-0.05, 0) is 66.9 Å². The van der Waals surface area contributed by atoms with E-state index < -0.39 is 12.2 Å². The Hall–Kier alpha value is -3.15. The van der Waals surface area contributed by atoms with Crippen LogP contribution in [-0.4, -0.2) is 10.5 Å². The molecule has 1 aliphatic carbocycles. The van der Waals surface area contributed by atoms with Crippen LogP contribution in [0.15, 0.2) is 72.8 Å². The number of hydrogen-bond acceptors (Lipinski definition) is 4. The fourth-order valence-corrected chi connectivity index (χ4v) is 5.01. The number of amides is 1. The van der Waals surface area contributed by atoms with Gasteiger partial charge in [0.2, 0.25) is 0 Å². The van der Waals surface area contributed by atoms with Crippen LogP contribution in [0.1, 0.15) is 47.8 Å². The quantitative estimate of drug-likeness (QED) is 0.295. The lowest BCUT2D eigenvalue weighted by Gasteiger charge is -2.16. The predicted molar refractivity (Wildman–Crippen MR) is 140 cm³/mol. The average Bonchev–Trinajstić information content (AvgIpc) is 3.64. The maximum absolute atomic E-state index is 12.7.